The predicted octanol–water partition coefficient (Wildman–Crippen LogP) is -0.0302. The van der Waals surface area contributed by atoms with Crippen LogP contribution in [0.5, 0.6) is 0 Å². The molecule has 1 rings (SSSR count). The Morgan fingerprint density at radius 3 is 2.60 bits per heavy atom. The summed E-state index contributed by atoms with van der Waals surface area (Å²) >= 11 is 0. The molecule has 0 saturated heterocycles. The van der Waals surface area contributed by atoms with Crippen molar-refractivity contribution in [2.45, 2.75) is 37.9 Å². The lowest BCUT2D eigenvalue weighted by molar-refractivity contribution is -0.122. The monoisotopic (exact) mass is 234 g/mol. The van der Waals surface area contributed by atoms with Gasteiger partial charge in [-0.15, -0.1) is 0 Å². The van der Waals surface area contributed by atoms with Crippen molar-refractivity contribution in [1.82, 2.24) is 4.72 Å². The third kappa shape index (κ3) is 3.79. The minimum Gasteiger partial charge on any atom is -0.330 e. The fraction of sp³-hybridized carbons (Fsp3) is 0.889. The van der Waals surface area contributed by atoms with Gasteiger partial charge < -0.3 is 5.73 Å². The Bertz CT molecular complexity index is 322. The van der Waals surface area contributed by atoms with Crippen LogP contribution in [0.15, 0.2) is 0 Å². The Balaban J connectivity index is 2.40. The van der Waals surface area contributed by atoms with Crippen molar-refractivity contribution in [3.63, 3.8) is 0 Å². The molecule has 88 valence electrons. The number of carbonyl (C=O) groups is 1. The van der Waals surface area contributed by atoms with Crippen molar-refractivity contribution in [2.75, 3.05) is 6.54 Å². The van der Waals surface area contributed by atoms with Crippen molar-refractivity contribution in [3.8, 4) is 0 Å². The van der Waals surface area contributed by atoms with Gasteiger partial charge in [0.15, 0.2) is 0 Å². The molecule has 3 N–H and O–H groups in total. The van der Waals surface area contributed by atoms with Crippen LogP contribution in [0.3, 0.4) is 0 Å². The molecule has 0 aromatic rings. The first-order valence-corrected chi connectivity index (χ1v) is 6.77. The fourth-order valence-corrected chi connectivity index (χ4v) is 2.66. The Hall–Kier alpha value is -0.620. The van der Waals surface area contributed by atoms with Gasteiger partial charge in [0.05, 0.1) is 5.25 Å². The lowest BCUT2D eigenvalue weighted by Gasteiger charge is -2.11. The molecule has 6 heteroatoms. The van der Waals surface area contributed by atoms with E-state index in [4.69, 9.17) is 5.73 Å². The summed E-state index contributed by atoms with van der Waals surface area (Å²) in [6, 6.07) is 0. The van der Waals surface area contributed by atoms with Gasteiger partial charge in [0.25, 0.3) is 0 Å². The number of rotatable bonds is 6. The van der Waals surface area contributed by atoms with Gasteiger partial charge in [-0.25, -0.2) is 8.42 Å². The van der Waals surface area contributed by atoms with Crippen molar-refractivity contribution in [1.29, 1.82) is 0 Å². The molecule has 1 unspecified atom stereocenters. The maximum Gasteiger partial charge on any atom is 0.237 e. The maximum atomic E-state index is 11.5. The summed E-state index contributed by atoms with van der Waals surface area (Å²) in [6.45, 7) is 2.24. The summed E-state index contributed by atoms with van der Waals surface area (Å²) in [6.07, 6.45) is 2.69. The standard InChI is InChI=1S/C9H18N2O3S/c1-7(3-2-6-10)9(12)11-15(13,14)8-4-5-8/h7-8H,2-6,10H2,1H3,(H,11,12). The molecule has 0 heterocycles. The van der Waals surface area contributed by atoms with Crippen LogP contribution in [-0.4, -0.2) is 26.1 Å². The van der Waals surface area contributed by atoms with Gasteiger partial charge in [0.2, 0.25) is 15.9 Å². The van der Waals surface area contributed by atoms with Gasteiger partial charge in [-0.1, -0.05) is 6.92 Å². The molecule has 0 aliphatic heterocycles. The average molecular weight is 234 g/mol. The molecule has 1 aliphatic rings. The van der Waals surface area contributed by atoms with Gasteiger partial charge in [-0.05, 0) is 32.2 Å². The molecule has 1 amide bonds. The van der Waals surface area contributed by atoms with Gasteiger partial charge in [0, 0.05) is 5.92 Å². The molecule has 1 atom stereocenters. The van der Waals surface area contributed by atoms with Gasteiger partial charge in [-0.3, -0.25) is 9.52 Å². The topological polar surface area (TPSA) is 89.3 Å². The number of nitrogens with two attached hydrogens (primary N) is 1. The quantitative estimate of drug-likeness (QED) is 0.675. The zero-order valence-corrected chi connectivity index (χ0v) is 9.72. The van der Waals surface area contributed by atoms with E-state index in [1.165, 1.54) is 0 Å². The highest BCUT2D eigenvalue weighted by Gasteiger charge is 2.37. The maximum absolute atomic E-state index is 11.5. The molecule has 0 aromatic heterocycles. The number of amides is 1. The SMILES string of the molecule is CC(CCCN)C(=O)NS(=O)(=O)C1CC1. The van der Waals surface area contributed by atoms with E-state index in [9.17, 15) is 13.2 Å². The first-order chi connectivity index (χ1) is 6.97. The second kappa shape index (κ2) is 4.94. The Labute approximate surface area is 90.5 Å². The van der Waals surface area contributed by atoms with E-state index < -0.39 is 15.9 Å². The van der Waals surface area contributed by atoms with E-state index in [2.05, 4.69) is 4.72 Å². The molecule has 1 fully saturated rings. The zero-order valence-electron chi connectivity index (χ0n) is 8.90. The van der Waals surface area contributed by atoms with E-state index in [-0.39, 0.29) is 11.2 Å². The fourth-order valence-electron chi connectivity index (χ4n) is 1.26. The van der Waals surface area contributed by atoms with Gasteiger partial charge in [0.1, 0.15) is 0 Å². The van der Waals surface area contributed by atoms with Crippen molar-refractivity contribution in [3.05, 3.63) is 0 Å². The first-order valence-electron chi connectivity index (χ1n) is 5.23. The summed E-state index contributed by atoms with van der Waals surface area (Å²) in [5.41, 5.74) is 5.31. The molecule has 0 bridgehead atoms. The molecule has 5 nitrogen and oxygen atoms in total. The first kappa shape index (κ1) is 12.4. The smallest absolute Gasteiger partial charge is 0.237 e. The number of hydrogen-bond acceptors (Lipinski definition) is 4. The number of nitrogens with one attached hydrogen (secondary N) is 1. The van der Waals surface area contributed by atoms with Crippen LogP contribution in [-0.2, 0) is 14.8 Å². The summed E-state index contributed by atoms with van der Waals surface area (Å²) < 4.78 is 25.0. The molecular weight excluding hydrogens is 216 g/mol. The Kier molecular flexibility index (Phi) is 4.10. The van der Waals surface area contributed by atoms with Crippen LogP contribution in [0.1, 0.15) is 32.6 Å². The lowest BCUT2D eigenvalue weighted by atomic mass is 10.1. The third-order valence-corrected chi connectivity index (χ3v) is 4.33. The van der Waals surface area contributed by atoms with E-state index in [1.54, 1.807) is 6.92 Å². The molecule has 0 aromatic carbocycles. The van der Waals surface area contributed by atoms with Crippen molar-refractivity contribution < 1.29 is 13.2 Å². The highest BCUT2D eigenvalue weighted by molar-refractivity contribution is 7.90. The molecular formula is C9H18N2O3S. The number of hydrogen-bond donors (Lipinski definition) is 2. The molecule has 0 radical (unpaired) electrons. The minimum atomic E-state index is -3.39. The summed E-state index contributed by atoms with van der Waals surface area (Å²) in [7, 11) is -3.39. The van der Waals surface area contributed by atoms with E-state index in [0.717, 1.165) is 6.42 Å². The zero-order chi connectivity index (χ0) is 11.5. The minimum absolute atomic E-state index is 0.290. The second-order valence-electron chi connectivity index (χ2n) is 4.04. The largest absolute Gasteiger partial charge is 0.330 e. The molecule has 15 heavy (non-hydrogen) atoms. The van der Waals surface area contributed by atoms with Crippen LogP contribution in [0.25, 0.3) is 0 Å². The van der Waals surface area contributed by atoms with Crippen LogP contribution in [0, 0.1) is 5.92 Å². The molecule has 1 saturated carbocycles. The lowest BCUT2D eigenvalue weighted by Crippen LogP contribution is -2.36. The molecule has 0 spiro atoms. The highest BCUT2D eigenvalue weighted by Crippen LogP contribution is 2.27. The Morgan fingerprint density at radius 1 is 1.53 bits per heavy atom. The number of carbonyl (C=O) groups excluding carboxylic acids is 1. The van der Waals surface area contributed by atoms with Crippen LogP contribution < -0.4 is 10.5 Å². The third-order valence-electron chi connectivity index (χ3n) is 2.49. The van der Waals surface area contributed by atoms with Crippen LogP contribution >= 0.6 is 0 Å². The van der Waals surface area contributed by atoms with E-state index in [0.29, 0.717) is 25.8 Å². The number of sulfonamides is 1. The van der Waals surface area contributed by atoms with Crippen molar-refractivity contribution >= 4 is 15.9 Å². The second-order valence-corrected chi connectivity index (χ2v) is 6.00. The summed E-state index contributed by atoms with van der Waals surface area (Å²) in [5, 5.41) is -0.344. The van der Waals surface area contributed by atoms with Gasteiger partial charge >= 0.3 is 0 Å². The van der Waals surface area contributed by atoms with Crippen molar-refractivity contribution in [2.24, 2.45) is 11.7 Å². The highest BCUT2D eigenvalue weighted by atomic mass is 32.2. The summed E-state index contributed by atoms with van der Waals surface area (Å²) in [4.78, 5) is 11.5. The van der Waals surface area contributed by atoms with Crippen LogP contribution in [0.2, 0.25) is 0 Å². The van der Waals surface area contributed by atoms with E-state index >= 15 is 0 Å². The molecule has 1 aliphatic carbocycles. The Morgan fingerprint density at radius 2 is 2.13 bits per heavy atom. The average Bonchev–Trinajstić information content (AvgIpc) is 2.96. The van der Waals surface area contributed by atoms with Crippen LogP contribution in [0.4, 0.5) is 0 Å². The normalized spacial score (nSPS) is 18.5. The van der Waals surface area contributed by atoms with Gasteiger partial charge in [-0.2, -0.15) is 0 Å². The van der Waals surface area contributed by atoms with E-state index in [1.807, 2.05) is 0 Å². The predicted molar refractivity (Wildman–Crippen MR) is 57.5 cm³/mol. The summed E-state index contributed by atoms with van der Waals surface area (Å²) in [5.74, 6) is -0.697.